The number of amides is 2. The molecule has 0 bridgehead atoms. The second-order valence-electron chi connectivity index (χ2n) is 7.51. The summed E-state index contributed by atoms with van der Waals surface area (Å²) in [5.74, 6) is -0.639. The Labute approximate surface area is 181 Å². The van der Waals surface area contributed by atoms with Crippen molar-refractivity contribution < 1.29 is 23.5 Å². The average molecular weight is 429 g/mol. The van der Waals surface area contributed by atoms with Gasteiger partial charge in [0.05, 0.1) is 18.9 Å². The molecule has 1 aliphatic rings. The molecule has 1 fully saturated rings. The molecule has 1 heterocycles. The van der Waals surface area contributed by atoms with Gasteiger partial charge in [0.2, 0.25) is 5.91 Å². The maximum Gasteiger partial charge on any atom is 0.265 e. The van der Waals surface area contributed by atoms with Gasteiger partial charge < -0.3 is 20.1 Å². The number of morpholine rings is 1. The minimum Gasteiger partial charge on any atom is -0.481 e. The Morgan fingerprint density at radius 1 is 1.16 bits per heavy atom. The number of hydrogen-bond acceptors (Lipinski definition) is 5. The summed E-state index contributed by atoms with van der Waals surface area (Å²) in [4.78, 5) is 26.8. The number of anilines is 2. The molecule has 1 saturated heterocycles. The first-order valence-electron chi connectivity index (χ1n) is 10.3. The second kappa shape index (κ2) is 10.9. The van der Waals surface area contributed by atoms with Crippen molar-refractivity contribution >= 4 is 23.2 Å². The highest BCUT2D eigenvalue weighted by Crippen LogP contribution is 2.21. The predicted octanol–water partition coefficient (Wildman–Crippen LogP) is 3.20. The fraction of sp³-hybridized carbons (Fsp3) is 0.391. The van der Waals surface area contributed by atoms with Gasteiger partial charge >= 0.3 is 0 Å². The molecule has 166 valence electrons. The number of benzene rings is 2. The van der Waals surface area contributed by atoms with Crippen molar-refractivity contribution in [2.24, 2.45) is 0 Å². The topological polar surface area (TPSA) is 79.9 Å². The van der Waals surface area contributed by atoms with Crippen LogP contribution in [0.2, 0.25) is 0 Å². The molecular formula is C23H28FN3O4. The van der Waals surface area contributed by atoms with Gasteiger partial charge in [-0.1, -0.05) is 12.1 Å². The van der Waals surface area contributed by atoms with Crippen LogP contribution in [0.5, 0.6) is 5.75 Å². The summed E-state index contributed by atoms with van der Waals surface area (Å²) in [5.41, 5.74) is 1.42. The third-order valence-electron chi connectivity index (χ3n) is 4.94. The molecule has 2 aromatic rings. The van der Waals surface area contributed by atoms with Crippen molar-refractivity contribution in [3.8, 4) is 5.75 Å². The third-order valence-corrected chi connectivity index (χ3v) is 4.94. The number of carbonyl (C=O) groups excluding carboxylic acids is 2. The number of hydrogen-bond donors (Lipinski definition) is 2. The van der Waals surface area contributed by atoms with E-state index in [1.54, 1.807) is 13.0 Å². The lowest BCUT2D eigenvalue weighted by Gasteiger charge is -2.26. The Hall–Kier alpha value is -2.97. The number of halogens is 1. The summed E-state index contributed by atoms with van der Waals surface area (Å²) >= 11 is 0. The highest BCUT2D eigenvalue weighted by atomic mass is 19.1. The minimum atomic E-state index is -0.751. The summed E-state index contributed by atoms with van der Waals surface area (Å²) in [5, 5.41) is 5.28. The van der Waals surface area contributed by atoms with E-state index in [9.17, 15) is 14.0 Å². The first-order chi connectivity index (χ1) is 14.9. The van der Waals surface area contributed by atoms with Gasteiger partial charge in [0, 0.05) is 31.7 Å². The highest BCUT2D eigenvalue weighted by molar-refractivity contribution is 5.96. The zero-order valence-corrected chi connectivity index (χ0v) is 17.8. The molecule has 0 aliphatic carbocycles. The summed E-state index contributed by atoms with van der Waals surface area (Å²) in [6.45, 7) is 7.04. The lowest BCUT2D eigenvalue weighted by Crippen LogP contribution is -2.38. The Morgan fingerprint density at radius 2 is 1.94 bits per heavy atom. The standard InChI is InChI=1S/C23H28FN3O4/c1-16-4-3-5-19(14-16)31-17(2)23(29)25-18-6-7-20(24)21(15-18)26-22(28)8-9-27-10-12-30-13-11-27/h3-7,14-15,17H,8-13H2,1-2H3,(H,25,29)(H,26,28). The van der Waals surface area contributed by atoms with Crippen molar-refractivity contribution in [2.75, 3.05) is 43.5 Å². The quantitative estimate of drug-likeness (QED) is 0.674. The molecule has 0 aromatic heterocycles. The summed E-state index contributed by atoms with van der Waals surface area (Å²) in [7, 11) is 0. The van der Waals surface area contributed by atoms with E-state index in [0.29, 0.717) is 31.2 Å². The van der Waals surface area contributed by atoms with E-state index in [-0.39, 0.29) is 23.9 Å². The van der Waals surface area contributed by atoms with Crippen molar-refractivity contribution in [1.29, 1.82) is 0 Å². The Balaban J connectivity index is 1.54. The van der Waals surface area contributed by atoms with Crippen LogP contribution >= 0.6 is 0 Å². The van der Waals surface area contributed by atoms with E-state index in [0.717, 1.165) is 18.7 Å². The van der Waals surface area contributed by atoms with Crippen LogP contribution in [0.25, 0.3) is 0 Å². The number of nitrogens with zero attached hydrogens (tertiary/aromatic N) is 1. The molecule has 8 heteroatoms. The Bertz CT molecular complexity index is 915. The normalized spacial score (nSPS) is 15.2. The fourth-order valence-corrected chi connectivity index (χ4v) is 3.19. The number of nitrogens with one attached hydrogen (secondary N) is 2. The second-order valence-corrected chi connectivity index (χ2v) is 7.51. The predicted molar refractivity (Wildman–Crippen MR) is 117 cm³/mol. The van der Waals surface area contributed by atoms with Crippen molar-refractivity contribution in [3.63, 3.8) is 0 Å². The van der Waals surface area contributed by atoms with Gasteiger partial charge in [0.15, 0.2) is 6.10 Å². The lowest BCUT2D eigenvalue weighted by atomic mass is 10.2. The van der Waals surface area contributed by atoms with Gasteiger partial charge in [-0.05, 0) is 49.7 Å². The van der Waals surface area contributed by atoms with E-state index in [4.69, 9.17) is 9.47 Å². The lowest BCUT2D eigenvalue weighted by molar-refractivity contribution is -0.122. The van der Waals surface area contributed by atoms with Crippen LogP contribution in [0, 0.1) is 12.7 Å². The Morgan fingerprint density at radius 3 is 2.68 bits per heavy atom. The van der Waals surface area contributed by atoms with Gasteiger partial charge in [-0.15, -0.1) is 0 Å². The van der Waals surface area contributed by atoms with Crippen LogP contribution in [-0.4, -0.2) is 55.7 Å². The van der Waals surface area contributed by atoms with Crippen LogP contribution in [0.15, 0.2) is 42.5 Å². The maximum atomic E-state index is 14.2. The van der Waals surface area contributed by atoms with Gasteiger partial charge in [0.25, 0.3) is 5.91 Å². The number of rotatable bonds is 8. The van der Waals surface area contributed by atoms with Crippen LogP contribution in [0.1, 0.15) is 18.9 Å². The first kappa shape index (κ1) is 22.7. The zero-order chi connectivity index (χ0) is 22.2. The van der Waals surface area contributed by atoms with Crippen molar-refractivity contribution in [3.05, 3.63) is 53.8 Å². The van der Waals surface area contributed by atoms with Crippen molar-refractivity contribution in [1.82, 2.24) is 4.90 Å². The molecule has 31 heavy (non-hydrogen) atoms. The van der Waals surface area contributed by atoms with Crippen LogP contribution in [0.3, 0.4) is 0 Å². The average Bonchev–Trinajstić information content (AvgIpc) is 2.75. The van der Waals surface area contributed by atoms with Gasteiger partial charge in [0.1, 0.15) is 11.6 Å². The van der Waals surface area contributed by atoms with E-state index < -0.39 is 11.9 Å². The highest BCUT2D eigenvalue weighted by Gasteiger charge is 2.17. The zero-order valence-electron chi connectivity index (χ0n) is 17.8. The molecule has 1 atom stereocenters. The molecule has 2 aromatic carbocycles. The number of aryl methyl sites for hydroxylation is 1. The molecule has 2 N–H and O–H groups in total. The van der Waals surface area contributed by atoms with Gasteiger partial charge in [-0.3, -0.25) is 14.5 Å². The number of carbonyl (C=O) groups is 2. The van der Waals surface area contributed by atoms with Gasteiger partial charge in [-0.2, -0.15) is 0 Å². The minimum absolute atomic E-state index is 0.0250. The first-order valence-corrected chi connectivity index (χ1v) is 10.3. The van der Waals surface area contributed by atoms with Crippen LogP contribution in [-0.2, 0) is 14.3 Å². The van der Waals surface area contributed by atoms with Gasteiger partial charge in [-0.25, -0.2) is 4.39 Å². The molecule has 1 aliphatic heterocycles. The van der Waals surface area contributed by atoms with Crippen LogP contribution in [0.4, 0.5) is 15.8 Å². The smallest absolute Gasteiger partial charge is 0.265 e. The molecule has 2 amide bonds. The summed E-state index contributed by atoms with van der Waals surface area (Å²) in [6.07, 6.45) is -0.504. The molecule has 0 saturated carbocycles. The summed E-state index contributed by atoms with van der Waals surface area (Å²) < 4.78 is 25.1. The fourth-order valence-electron chi connectivity index (χ4n) is 3.19. The Kier molecular flexibility index (Phi) is 7.97. The monoisotopic (exact) mass is 429 g/mol. The largest absolute Gasteiger partial charge is 0.481 e. The van der Waals surface area contributed by atoms with E-state index >= 15 is 0 Å². The summed E-state index contributed by atoms with van der Waals surface area (Å²) in [6, 6.07) is 11.5. The molecule has 1 unspecified atom stereocenters. The van der Waals surface area contributed by atoms with Crippen LogP contribution < -0.4 is 15.4 Å². The van der Waals surface area contributed by atoms with E-state index in [1.807, 2.05) is 25.1 Å². The SMILES string of the molecule is Cc1cccc(OC(C)C(=O)Nc2ccc(F)c(NC(=O)CCN3CCOCC3)c2)c1. The molecule has 7 nitrogen and oxygen atoms in total. The molecule has 0 radical (unpaired) electrons. The maximum absolute atomic E-state index is 14.2. The van der Waals surface area contributed by atoms with E-state index in [1.165, 1.54) is 18.2 Å². The molecular weight excluding hydrogens is 401 g/mol. The molecule has 0 spiro atoms. The third kappa shape index (κ3) is 7.04. The number of ether oxygens (including phenoxy) is 2. The van der Waals surface area contributed by atoms with E-state index in [2.05, 4.69) is 15.5 Å². The van der Waals surface area contributed by atoms with Crippen molar-refractivity contribution in [2.45, 2.75) is 26.4 Å². The molecule has 3 rings (SSSR count).